The fourth-order valence-corrected chi connectivity index (χ4v) is 1.92. The summed E-state index contributed by atoms with van der Waals surface area (Å²) in [7, 11) is 0. The smallest absolute Gasteiger partial charge is 0.323 e. The summed E-state index contributed by atoms with van der Waals surface area (Å²) in [6, 6.07) is 11.1. The van der Waals surface area contributed by atoms with Gasteiger partial charge in [-0.1, -0.05) is 39.0 Å². The highest BCUT2D eigenvalue weighted by Crippen LogP contribution is 2.24. The van der Waals surface area contributed by atoms with Crippen molar-refractivity contribution in [3.8, 4) is 0 Å². The van der Waals surface area contributed by atoms with Crippen molar-refractivity contribution in [2.75, 3.05) is 10.6 Å². The maximum absolute atomic E-state index is 11.9. The minimum absolute atomic E-state index is 0.237. The van der Waals surface area contributed by atoms with E-state index in [-0.39, 0.29) is 6.03 Å². The van der Waals surface area contributed by atoms with Crippen LogP contribution in [0.1, 0.15) is 32.4 Å². The number of nitrogens with one attached hydrogen (secondary N) is 3. The van der Waals surface area contributed by atoms with E-state index < -0.39 is 0 Å². The molecule has 0 radical (unpaired) electrons. The van der Waals surface area contributed by atoms with Crippen molar-refractivity contribution < 1.29 is 4.79 Å². The molecule has 0 aliphatic heterocycles. The lowest BCUT2D eigenvalue weighted by molar-refractivity contribution is 0.262. The molecule has 0 fully saturated rings. The number of amides is 2. The van der Waals surface area contributed by atoms with Gasteiger partial charge in [0.05, 0.1) is 5.69 Å². The van der Waals surface area contributed by atoms with Crippen LogP contribution in [0.25, 0.3) is 0 Å². The lowest BCUT2D eigenvalue weighted by Gasteiger charge is -2.13. The number of aromatic nitrogens is 1. The summed E-state index contributed by atoms with van der Waals surface area (Å²) < 4.78 is 0. The second-order valence-electron chi connectivity index (χ2n) is 5.32. The van der Waals surface area contributed by atoms with Gasteiger partial charge in [0, 0.05) is 17.6 Å². The maximum atomic E-state index is 11.9. The monoisotopic (exact) mass is 271 g/mol. The number of urea groups is 1. The number of hydrogen-bond acceptors (Lipinski definition) is 1. The van der Waals surface area contributed by atoms with E-state index >= 15 is 0 Å². The Labute approximate surface area is 119 Å². The van der Waals surface area contributed by atoms with E-state index in [1.807, 2.05) is 42.6 Å². The Balaban J connectivity index is 1.95. The molecule has 2 rings (SSSR count). The van der Waals surface area contributed by atoms with E-state index in [0.29, 0.717) is 11.8 Å². The van der Waals surface area contributed by atoms with Crippen LogP contribution in [0.4, 0.5) is 16.2 Å². The van der Waals surface area contributed by atoms with E-state index in [9.17, 15) is 4.79 Å². The van der Waals surface area contributed by atoms with Crippen LogP contribution in [0, 0.1) is 5.92 Å². The Kier molecular flexibility index (Phi) is 4.45. The van der Waals surface area contributed by atoms with Crippen LogP contribution in [-0.2, 0) is 0 Å². The lowest BCUT2D eigenvalue weighted by atomic mass is 9.95. The minimum atomic E-state index is -0.237. The number of carbonyl (C=O) groups is 1. The van der Waals surface area contributed by atoms with E-state index in [2.05, 4.69) is 36.4 Å². The number of H-pyrrole nitrogens is 1. The van der Waals surface area contributed by atoms with Gasteiger partial charge in [-0.05, 0) is 30.0 Å². The van der Waals surface area contributed by atoms with Gasteiger partial charge in [-0.2, -0.15) is 0 Å². The second kappa shape index (κ2) is 6.28. The zero-order chi connectivity index (χ0) is 14.5. The third-order valence-electron chi connectivity index (χ3n) is 3.49. The van der Waals surface area contributed by atoms with Gasteiger partial charge in [-0.3, -0.25) is 0 Å². The Morgan fingerprint density at radius 3 is 2.35 bits per heavy atom. The summed E-state index contributed by atoms with van der Waals surface area (Å²) in [5.41, 5.74) is 2.69. The van der Waals surface area contributed by atoms with Gasteiger partial charge < -0.3 is 15.6 Å². The Morgan fingerprint density at radius 1 is 1.05 bits per heavy atom. The highest BCUT2D eigenvalue weighted by Gasteiger charge is 2.12. The number of carbonyl (C=O) groups excluding carboxylic acids is 1. The van der Waals surface area contributed by atoms with Gasteiger partial charge in [0.25, 0.3) is 0 Å². The molecule has 4 nitrogen and oxygen atoms in total. The van der Waals surface area contributed by atoms with Gasteiger partial charge >= 0.3 is 6.03 Å². The summed E-state index contributed by atoms with van der Waals surface area (Å²) in [6.45, 7) is 6.53. The number of rotatable bonds is 4. The first-order chi connectivity index (χ1) is 9.56. The van der Waals surface area contributed by atoms with Gasteiger partial charge in [0.15, 0.2) is 0 Å². The SMILES string of the molecule is CC(C)C(C)c1cc(NC(=O)Nc2ccccc2)c[nH]1. The zero-order valence-electron chi connectivity index (χ0n) is 12.1. The summed E-state index contributed by atoms with van der Waals surface area (Å²) in [5, 5.41) is 5.61. The van der Waals surface area contributed by atoms with Crippen molar-refractivity contribution in [2.45, 2.75) is 26.7 Å². The summed E-state index contributed by atoms with van der Waals surface area (Å²) in [6.07, 6.45) is 1.82. The van der Waals surface area contributed by atoms with Crippen molar-refractivity contribution in [3.63, 3.8) is 0 Å². The average Bonchev–Trinajstić information content (AvgIpc) is 2.87. The summed E-state index contributed by atoms with van der Waals surface area (Å²) in [5.74, 6) is 0.988. The Bertz CT molecular complexity index is 560. The van der Waals surface area contributed by atoms with Crippen LogP contribution in [0.2, 0.25) is 0 Å². The molecule has 106 valence electrons. The van der Waals surface area contributed by atoms with Gasteiger partial charge in [-0.15, -0.1) is 0 Å². The van der Waals surface area contributed by atoms with Crippen molar-refractivity contribution in [1.82, 2.24) is 4.98 Å². The number of para-hydroxylation sites is 1. The van der Waals surface area contributed by atoms with Crippen LogP contribution >= 0.6 is 0 Å². The second-order valence-corrected chi connectivity index (χ2v) is 5.32. The van der Waals surface area contributed by atoms with Gasteiger partial charge in [0.2, 0.25) is 0 Å². The van der Waals surface area contributed by atoms with Gasteiger partial charge in [-0.25, -0.2) is 4.79 Å². The normalized spacial score (nSPS) is 12.2. The van der Waals surface area contributed by atoms with Crippen LogP contribution in [0.5, 0.6) is 0 Å². The number of aromatic amines is 1. The molecule has 2 aromatic rings. The summed E-state index contributed by atoms with van der Waals surface area (Å²) >= 11 is 0. The highest BCUT2D eigenvalue weighted by atomic mass is 16.2. The molecule has 2 amide bonds. The molecular formula is C16H21N3O. The molecular weight excluding hydrogens is 250 g/mol. The molecule has 3 N–H and O–H groups in total. The highest BCUT2D eigenvalue weighted by molar-refractivity contribution is 5.99. The molecule has 4 heteroatoms. The molecule has 0 saturated carbocycles. The third kappa shape index (κ3) is 3.63. The molecule has 1 heterocycles. The van der Waals surface area contributed by atoms with Crippen molar-refractivity contribution in [3.05, 3.63) is 48.3 Å². The first kappa shape index (κ1) is 14.2. The first-order valence-electron chi connectivity index (χ1n) is 6.87. The third-order valence-corrected chi connectivity index (χ3v) is 3.49. The molecule has 1 atom stereocenters. The quantitative estimate of drug-likeness (QED) is 0.757. The van der Waals surface area contributed by atoms with E-state index in [1.165, 1.54) is 0 Å². The number of hydrogen-bond donors (Lipinski definition) is 3. The molecule has 0 saturated heterocycles. The predicted molar refractivity (Wildman–Crippen MR) is 83.1 cm³/mol. The topological polar surface area (TPSA) is 56.9 Å². The van der Waals surface area contributed by atoms with Crippen molar-refractivity contribution >= 4 is 17.4 Å². The number of anilines is 2. The maximum Gasteiger partial charge on any atom is 0.323 e. The van der Waals surface area contributed by atoms with Gasteiger partial charge in [0.1, 0.15) is 0 Å². The van der Waals surface area contributed by atoms with Crippen LogP contribution in [-0.4, -0.2) is 11.0 Å². The van der Waals surface area contributed by atoms with Crippen LogP contribution < -0.4 is 10.6 Å². The predicted octanol–water partition coefficient (Wildman–Crippen LogP) is 4.42. The van der Waals surface area contributed by atoms with E-state index in [4.69, 9.17) is 0 Å². The molecule has 0 spiro atoms. The molecule has 0 aliphatic carbocycles. The zero-order valence-corrected chi connectivity index (χ0v) is 12.1. The fourth-order valence-electron chi connectivity index (χ4n) is 1.92. The fraction of sp³-hybridized carbons (Fsp3) is 0.312. The molecule has 1 aromatic carbocycles. The summed E-state index contributed by atoms with van der Waals surface area (Å²) in [4.78, 5) is 15.1. The minimum Gasteiger partial charge on any atom is -0.363 e. The van der Waals surface area contributed by atoms with Crippen molar-refractivity contribution in [1.29, 1.82) is 0 Å². The molecule has 0 aliphatic rings. The van der Waals surface area contributed by atoms with E-state index in [0.717, 1.165) is 17.1 Å². The first-order valence-corrected chi connectivity index (χ1v) is 6.87. The lowest BCUT2D eigenvalue weighted by Crippen LogP contribution is -2.18. The largest absolute Gasteiger partial charge is 0.363 e. The molecule has 1 unspecified atom stereocenters. The van der Waals surface area contributed by atoms with Crippen LogP contribution in [0.3, 0.4) is 0 Å². The molecule has 20 heavy (non-hydrogen) atoms. The number of benzene rings is 1. The Morgan fingerprint density at radius 2 is 1.70 bits per heavy atom. The van der Waals surface area contributed by atoms with Crippen LogP contribution in [0.15, 0.2) is 42.6 Å². The average molecular weight is 271 g/mol. The Hall–Kier alpha value is -2.23. The molecule has 0 bridgehead atoms. The molecule has 1 aromatic heterocycles. The van der Waals surface area contributed by atoms with Crippen molar-refractivity contribution in [2.24, 2.45) is 5.92 Å². The standard InChI is InChI=1S/C16H21N3O/c1-11(2)12(3)15-9-14(10-17-15)19-16(20)18-13-7-5-4-6-8-13/h4-12,17H,1-3H3,(H2,18,19,20). The van der Waals surface area contributed by atoms with E-state index in [1.54, 1.807) is 0 Å².